The molecule has 0 N–H and O–H groups in total. The van der Waals surface area contributed by atoms with Gasteiger partial charge in [0.2, 0.25) is 0 Å². The van der Waals surface area contributed by atoms with Crippen LogP contribution in [0.3, 0.4) is 0 Å². The van der Waals surface area contributed by atoms with E-state index in [1.807, 2.05) is 6.92 Å². The van der Waals surface area contributed by atoms with Gasteiger partial charge in [-0.15, -0.1) is 5.92 Å². The minimum Gasteiger partial charge on any atom is -0.372 e. The largest absolute Gasteiger partial charge is 0.372 e. The van der Waals surface area contributed by atoms with E-state index in [9.17, 15) is 0 Å². The van der Waals surface area contributed by atoms with Crippen LogP contribution in [0.15, 0.2) is 0 Å². The molecule has 2 fully saturated rings. The molecule has 0 aliphatic carbocycles. The summed E-state index contributed by atoms with van der Waals surface area (Å²) in [5.41, 5.74) is -0.0211. The molecule has 78 valence electrons. The summed E-state index contributed by atoms with van der Waals surface area (Å²) in [7, 11) is 0. The van der Waals surface area contributed by atoms with Gasteiger partial charge in [-0.25, -0.2) is 0 Å². The first-order valence-corrected chi connectivity index (χ1v) is 5.50. The summed E-state index contributed by atoms with van der Waals surface area (Å²) in [5, 5.41) is 0. The van der Waals surface area contributed by atoms with Crippen LogP contribution < -0.4 is 0 Å². The van der Waals surface area contributed by atoms with Crippen molar-refractivity contribution in [3.63, 3.8) is 0 Å². The Labute approximate surface area is 86.0 Å². The van der Waals surface area contributed by atoms with Crippen LogP contribution in [0.1, 0.15) is 39.5 Å². The number of hydrogen-bond acceptors (Lipinski definition) is 2. The molecule has 0 spiro atoms. The van der Waals surface area contributed by atoms with E-state index in [1.165, 1.54) is 6.42 Å². The van der Waals surface area contributed by atoms with Crippen LogP contribution in [0.5, 0.6) is 0 Å². The third-order valence-corrected chi connectivity index (χ3v) is 3.47. The highest BCUT2D eigenvalue weighted by molar-refractivity contribution is 5.04. The second-order valence-electron chi connectivity index (χ2n) is 4.16. The minimum absolute atomic E-state index is 0.0211. The molecule has 2 aliphatic rings. The Kier molecular flexibility index (Phi) is 2.80. The van der Waals surface area contributed by atoms with E-state index in [1.54, 1.807) is 0 Å². The van der Waals surface area contributed by atoms with Crippen molar-refractivity contribution in [2.45, 2.75) is 57.3 Å². The van der Waals surface area contributed by atoms with E-state index < -0.39 is 0 Å². The fourth-order valence-corrected chi connectivity index (χ4v) is 2.64. The van der Waals surface area contributed by atoms with Crippen LogP contribution >= 0.6 is 0 Å². The van der Waals surface area contributed by atoms with Crippen LogP contribution in [0.4, 0.5) is 0 Å². The summed E-state index contributed by atoms with van der Waals surface area (Å²) < 4.78 is 11.8. The third kappa shape index (κ3) is 1.55. The van der Waals surface area contributed by atoms with Crippen molar-refractivity contribution in [3.8, 4) is 11.8 Å². The number of ether oxygens (including phenoxy) is 2. The van der Waals surface area contributed by atoms with Crippen LogP contribution in [0.2, 0.25) is 0 Å². The molecular formula is C12H18O2. The van der Waals surface area contributed by atoms with Gasteiger partial charge in [-0.2, -0.15) is 0 Å². The Bertz CT molecular complexity index is 263. The van der Waals surface area contributed by atoms with Crippen molar-refractivity contribution in [2.24, 2.45) is 0 Å². The SMILES string of the molecule is CC#CCO[C@@]1(CC)C[C@H]2CC[C@@H]1O2. The normalized spacial score (nSPS) is 39.6. The molecule has 0 unspecified atom stereocenters. The van der Waals surface area contributed by atoms with Gasteiger partial charge in [0.05, 0.1) is 17.8 Å². The van der Waals surface area contributed by atoms with E-state index in [4.69, 9.17) is 9.47 Å². The number of fused-ring (bicyclic) bond motifs is 2. The monoisotopic (exact) mass is 194 g/mol. The molecule has 0 amide bonds. The fraction of sp³-hybridized carbons (Fsp3) is 0.833. The molecule has 2 heterocycles. The summed E-state index contributed by atoms with van der Waals surface area (Å²) in [6.07, 6.45) is 5.28. The van der Waals surface area contributed by atoms with E-state index in [2.05, 4.69) is 18.8 Å². The maximum atomic E-state index is 5.92. The quantitative estimate of drug-likeness (QED) is 0.641. The van der Waals surface area contributed by atoms with Gasteiger partial charge < -0.3 is 9.47 Å². The summed E-state index contributed by atoms with van der Waals surface area (Å²) in [6.45, 7) is 4.58. The molecule has 0 saturated carbocycles. The summed E-state index contributed by atoms with van der Waals surface area (Å²) >= 11 is 0. The lowest BCUT2D eigenvalue weighted by Crippen LogP contribution is -2.42. The first-order chi connectivity index (χ1) is 6.80. The maximum Gasteiger partial charge on any atom is 0.108 e. The third-order valence-electron chi connectivity index (χ3n) is 3.47. The average Bonchev–Trinajstić information content (AvgIpc) is 2.78. The van der Waals surface area contributed by atoms with Gasteiger partial charge in [0.15, 0.2) is 0 Å². The van der Waals surface area contributed by atoms with Gasteiger partial charge in [0.25, 0.3) is 0 Å². The van der Waals surface area contributed by atoms with E-state index in [0.29, 0.717) is 18.8 Å². The molecular weight excluding hydrogens is 176 g/mol. The van der Waals surface area contributed by atoms with Crippen molar-refractivity contribution >= 4 is 0 Å². The zero-order chi connectivity index (χ0) is 10.0. The molecule has 2 nitrogen and oxygen atoms in total. The van der Waals surface area contributed by atoms with Crippen LogP contribution in [0.25, 0.3) is 0 Å². The fourth-order valence-electron chi connectivity index (χ4n) is 2.64. The number of rotatable bonds is 3. The molecule has 0 aromatic rings. The summed E-state index contributed by atoms with van der Waals surface area (Å²) in [6, 6.07) is 0. The molecule has 2 heteroatoms. The Hall–Kier alpha value is -0.520. The first kappa shape index (κ1) is 10.0. The first-order valence-electron chi connectivity index (χ1n) is 5.50. The second-order valence-corrected chi connectivity index (χ2v) is 4.16. The highest BCUT2D eigenvalue weighted by Gasteiger charge is 2.52. The Morgan fingerprint density at radius 3 is 2.86 bits per heavy atom. The molecule has 0 aromatic carbocycles. The average molecular weight is 194 g/mol. The molecule has 14 heavy (non-hydrogen) atoms. The van der Waals surface area contributed by atoms with E-state index in [0.717, 1.165) is 19.3 Å². The highest BCUT2D eigenvalue weighted by atomic mass is 16.6. The lowest BCUT2D eigenvalue weighted by molar-refractivity contribution is -0.0773. The molecule has 3 atom stereocenters. The Morgan fingerprint density at radius 1 is 1.50 bits per heavy atom. The van der Waals surface area contributed by atoms with Crippen molar-refractivity contribution in [3.05, 3.63) is 0 Å². The van der Waals surface area contributed by atoms with Crippen molar-refractivity contribution in [1.82, 2.24) is 0 Å². The lowest BCUT2D eigenvalue weighted by Gasteiger charge is -2.33. The van der Waals surface area contributed by atoms with E-state index >= 15 is 0 Å². The van der Waals surface area contributed by atoms with E-state index in [-0.39, 0.29) is 5.60 Å². The predicted octanol–water partition coefficient (Wildman–Crippen LogP) is 2.13. The summed E-state index contributed by atoms with van der Waals surface area (Å²) in [5.74, 6) is 5.83. The Morgan fingerprint density at radius 2 is 2.36 bits per heavy atom. The molecule has 2 aliphatic heterocycles. The molecule has 0 radical (unpaired) electrons. The zero-order valence-corrected chi connectivity index (χ0v) is 9.01. The van der Waals surface area contributed by atoms with Crippen LogP contribution in [-0.2, 0) is 9.47 Å². The van der Waals surface area contributed by atoms with Gasteiger partial charge in [0, 0.05) is 6.42 Å². The van der Waals surface area contributed by atoms with Gasteiger partial charge >= 0.3 is 0 Å². The maximum absolute atomic E-state index is 5.92. The van der Waals surface area contributed by atoms with Gasteiger partial charge in [-0.1, -0.05) is 12.8 Å². The van der Waals surface area contributed by atoms with Gasteiger partial charge in [-0.3, -0.25) is 0 Å². The van der Waals surface area contributed by atoms with Gasteiger partial charge in [0.1, 0.15) is 6.61 Å². The van der Waals surface area contributed by atoms with Crippen molar-refractivity contribution < 1.29 is 9.47 Å². The topological polar surface area (TPSA) is 18.5 Å². The molecule has 0 aromatic heterocycles. The summed E-state index contributed by atoms with van der Waals surface area (Å²) in [4.78, 5) is 0. The predicted molar refractivity (Wildman–Crippen MR) is 54.9 cm³/mol. The zero-order valence-electron chi connectivity index (χ0n) is 9.01. The van der Waals surface area contributed by atoms with Crippen LogP contribution in [-0.4, -0.2) is 24.4 Å². The van der Waals surface area contributed by atoms with Gasteiger partial charge in [-0.05, 0) is 26.2 Å². The minimum atomic E-state index is -0.0211. The smallest absolute Gasteiger partial charge is 0.108 e. The standard InChI is InChI=1S/C12H18O2/c1-3-5-8-13-12(4-2)9-10-6-7-11(12)14-10/h10-11H,4,6-9H2,1-2H3/t10-,11+,12+/m1/s1. The number of hydrogen-bond donors (Lipinski definition) is 0. The van der Waals surface area contributed by atoms with Crippen molar-refractivity contribution in [2.75, 3.05) is 6.61 Å². The Balaban J connectivity index is 1.99. The lowest BCUT2D eigenvalue weighted by atomic mass is 9.82. The second kappa shape index (κ2) is 3.92. The molecule has 2 saturated heterocycles. The highest BCUT2D eigenvalue weighted by Crippen LogP contribution is 2.45. The van der Waals surface area contributed by atoms with Crippen LogP contribution in [0, 0.1) is 11.8 Å². The molecule has 2 rings (SSSR count). The van der Waals surface area contributed by atoms with Crippen molar-refractivity contribution in [1.29, 1.82) is 0 Å². The molecule has 2 bridgehead atoms.